The Hall–Kier alpha value is -2.53. The summed E-state index contributed by atoms with van der Waals surface area (Å²) in [6.07, 6.45) is 0.850. The summed E-state index contributed by atoms with van der Waals surface area (Å²) in [4.78, 5) is 17.3. The van der Waals surface area contributed by atoms with E-state index in [1.165, 1.54) is 30.0 Å². The van der Waals surface area contributed by atoms with Crippen LogP contribution in [0.5, 0.6) is 5.75 Å². The maximum Gasteiger partial charge on any atom is 0.344 e. The molecule has 27 heavy (non-hydrogen) atoms. The maximum atomic E-state index is 12.6. The second-order valence-electron chi connectivity index (χ2n) is 6.19. The number of hydrogen-bond acceptors (Lipinski definition) is 5. The largest absolute Gasteiger partial charge is 0.492 e. The van der Waals surface area contributed by atoms with Crippen LogP contribution in [0.4, 0.5) is 0 Å². The summed E-state index contributed by atoms with van der Waals surface area (Å²) in [6.45, 7) is 4.65. The van der Waals surface area contributed by atoms with Crippen LogP contribution in [0, 0.1) is 6.92 Å². The Kier molecular flexibility index (Phi) is 6.35. The Labute approximate surface area is 163 Å². The first-order valence-electron chi connectivity index (χ1n) is 8.96. The van der Waals surface area contributed by atoms with Crippen LogP contribution in [0.3, 0.4) is 0 Å². The lowest BCUT2D eigenvalue weighted by atomic mass is 10.1. The first-order chi connectivity index (χ1) is 13.2. The van der Waals surface area contributed by atoms with Crippen LogP contribution in [0.1, 0.15) is 34.8 Å². The number of fused-ring (bicyclic) bond motifs is 1. The van der Waals surface area contributed by atoms with E-state index in [0.29, 0.717) is 22.9 Å². The lowest BCUT2D eigenvalue weighted by Crippen LogP contribution is -2.10. The minimum atomic E-state index is -0.424. The summed E-state index contributed by atoms with van der Waals surface area (Å²) < 4.78 is 11.0. The van der Waals surface area contributed by atoms with Crippen molar-refractivity contribution in [1.82, 2.24) is 4.98 Å². The van der Waals surface area contributed by atoms with Crippen LogP contribution in [0.25, 0.3) is 10.9 Å². The SMILES string of the molecule is CCCOc1c(C(=O)OC)c(SCc2ccccc2C)nc2ccccc12. The highest BCUT2D eigenvalue weighted by Gasteiger charge is 2.23. The molecule has 140 valence electrons. The van der Waals surface area contributed by atoms with Gasteiger partial charge in [-0.1, -0.05) is 43.3 Å². The highest BCUT2D eigenvalue weighted by atomic mass is 32.2. The average molecular weight is 381 g/mol. The van der Waals surface area contributed by atoms with Gasteiger partial charge in [-0.15, -0.1) is 11.8 Å². The van der Waals surface area contributed by atoms with E-state index in [2.05, 4.69) is 19.1 Å². The third-order valence-corrected chi connectivity index (χ3v) is 5.30. The van der Waals surface area contributed by atoms with Gasteiger partial charge in [0.15, 0.2) is 0 Å². The Balaban J connectivity index is 2.09. The molecular formula is C22H23NO3S. The zero-order valence-corrected chi connectivity index (χ0v) is 16.6. The van der Waals surface area contributed by atoms with E-state index in [1.54, 1.807) is 0 Å². The van der Waals surface area contributed by atoms with Crippen LogP contribution in [0.2, 0.25) is 0 Å². The topological polar surface area (TPSA) is 48.4 Å². The molecule has 1 aromatic heterocycles. The van der Waals surface area contributed by atoms with Crippen molar-refractivity contribution in [3.05, 3.63) is 65.2 Å². The summed E-state index contributed by atoms with van der Waals surface area (Å²) >= 11 is 1.53. The van der Waals surface area contributed by atoms with Gasteiger partial charge < -0.3 is 9.47 Å². The van der Waals surface area contributed by atoms with Gasteiger partial charge in [0.1, 0.15) is 16.3 Å². The number of carbonyl (C=O) groups excluding carboxylic acids is 1. The van der Waals surface area contributed by atoms with E-state index in [4.69, 9.17) is 14.5 Å². The van der Waals surface area contributed by atoms with Gasteiger partial charge in [0.05, 0.1) is 19.2 Å². The molecule has 0 saturated carbocycles. The fourth-order valence-electron chi connectivity index (χ4n) is 2.82. The van der Waals surface area contributed by atoms with Crippen molar-refractivity contribution >= 4 is 28.6 Å². The number of methoxy groups -OCH3 is 1. The quantitative estimate of drug-likeness (QED) is 0.404. The molecule has 3 rings (SSSR count). The second kappa shape index (κ2) is 8.91. The lowest BCUT2D eigenvalue weighted by Gasteiger charge is -2.16. The number of rotatable bonds is 7. The Bertz CT molecular complexity index is 955. The summed E-state index contributed by atoms with van der Waals surface area (Å²) in [5.74, 6) is 0.850. The van der Waals surface area contributed by atoms with E-state index >= 15 is 0 Å². The number of para-hydroxylation sites is 1. The van der Waals surface area contributed by atoms with Crippen molar-refractivity contribution in [3.8, 4) is 5.75 Å². The average Bonchev–Trinajstić information content (AvgIpc) is 2.70. The number of pyridine rings is 1. The lowest BCUT2D eigenvalue weighted by molar-refractivity contribution is 0.0591. The molecule has 2 aromatic carbocycles. The first kappa shape index (κ1) is 19.2. The van der Waals surface area contributed by atoms with Gasteiger partial charge in [0.2, 0.25) is 0 Å². The van der Waals surface area contributed by atoms with Gasteiger partial charge in [0.25, 0.3) is 0 Å². The molecule has 0 unspecified atom stereocenters. The van der Waals surface area contributed by atoms with Crippen molar-refractivity contribution < 1.29 is 14.3 Å². The van der Waals surface area contributed by atoms with Crippen molar-refractivity contribution in [2.75, 3.05) is 13.7 Å². The van der Waals surface area contributed by atoms with Crippen molar-refractivity contribution in [2.24, 2.45) is 0 Å². The fourth-order valence-corrected chi connectivity index (χ4v) is 3.92. The first-order valence-corrected chi connectivity index (χ1v) is 9.95. The number of aromatic nitrogens is 1. The highest BCUT2D eigenvalue weighted by Crippen LogP contribution is 2.37. The van der Waals surface area contributed by atoms with Gasteiger partial charge in [-0.2, -0.15) is 0 Å². The number of nitrogens with zero attached hydrogens (tertiary/aromatic N) is 1. The summed E-state index contributed by atoms with van der Waals surface area (Å²) in [7, 11) is 1.39. The van der Waals surface area contributed by atoms with Gasteiger partial charge in [-0.05, 0) is 36.6 Å². The van der Waals surface area contributed by atoms with Gasteiger partial charge in [0, 0.05) is 11.1 Å². The Morgan fingerprint density at radius 1 is 1.11 bits per heavy atom. The number of aryl methyl sites for hydroxylation is 1. The Morgan fingerprint density at radius 2 is 1.85 bits per heavy atom. The third kappa shape index (κ3) is 4.25. The minimum Gasteiger partial charge on any atom is -0.492 e. The van der Waals surface area contributed by atoms with Crippen LogP contribution in [-0.4, -0.2) is 24.7 Å². The molecule has 0 amide bonds. The third-order valence-electron chi connectivity index (χ3n) is 4.28. The smallest absolute Gasteiger partial charge is 0.344 e. The maximum absolute atomic E-state index is 12.6. The van der Waals surface area contributed by atoms with E-state index in [1.807, 2.05) is 43.3 Å². The molecule has 0 aliphatic carbocycles. The van der Waals surface area contributed by atoms with Gasteiger partial charge in [-0.3, -0.25) is 0 Å². The van der Waals surface area contributed by atoms with E-state index < -0.39 is 5.97 Å². The molecule has 1 heterocycles. The number of carbonyl (C=O) groups is 1. The fraction of sp³-hybridized carbons (Fsp3) is 0.273. The molecule has 0 saturated heterocycles. The summed E-state index contributed by atoms with van der Waals surface area (Å²) in [5.41, 5.74) is 3.64. The van der Waals surface area contributed by atoms with Crippen LogP contribution in [0.15, 0.2) is 53.6 Å². The zero-order valence-electron chi connectivity index (χ0n) is 15.8. The number of hydrogen-bond donors (Lipinski definition) is 0. The van der Waals surface area contributed by atoms with Crippen molar-refractivity contribution in [2.45, 2.75) is 31.0 Å². The van der Waals surface area contributed by atoms with Crippen molar-refractivity contribution in [3.63, 3.8) is 0 Å². The van der Waals surface area contributed by atoms with E-state index in [-0.39, 0.29) is 0 Å². The van der Waals surface area contributed by atoms with E-state index in [0.717, 1.165) is 23.1 Å². The van der Waals surface area contributed by atoms with Crippen LogP contribution < -0.4 is 4.74 Å². The van der Waals surface area contributed by atoms with Crippen molar-refractivity contribution in [1.29, 1.82) is 0 Å². The standard InChI is InChI=1S/C22H23NO3S/c1-4-13-26-20-17-11-7-8-12-18(17)23-21(19(20)22(24)25-3)27-14-16-10-6-5-9-15(16)2/h5-12H,4,13-14H2,1-3H3. The zero-order chi connectivity index (χ0) is 19.2. The molecule has 0 aliphatic rings. The minimum absolute atomic E-state index is 0.406. The number of ether oxygens (including phenoxy) is 2. The number of thioether (sulfide) groups is 1. The predicted octanol–water partition coefficient (Wildman–Crippen LogP) is 5.41. The summed E-state index contributed by atoms with van der Waals surface area (Å²) in [5, 5.41) is 1.46. The molecule has 0 bridgehead atoms. The molecule has 0 aliphatic heterocycles. The number of benzene rings is 2. The molecule has 0 radical (unpaired) electrons. The second-order valence-corrected chi connectivity index (χ2v) is 7.16. The van der Waals surface area contributed by atoms with E-state index in [9.17, 15) is 4.79 Å². The molecule has 0 spiro atoms. The molecule has 0 fully saturated rings. The molecule has 3 aromatic rings. The monoisotopic (exact) mass is 381 g/mol. The van der Waals surface area contributed by atoms with Crippen LogP contribution in [-0.2, 0) is 10.5 Å². The van der Waals surface area contributed by atoms with Gasteiger partial charge in [-0.25, -0.2) is 9.78 Å². The van der Waals surface area contributed by atoms with Crippen LogP contribution >= 0.6 is 11.8 Å². The Morgan fingerprint density at radius 3 is 2.59 bits per heavy atom. The number of esters is 1. The molecule has 0 atom stereocenters. The highest BCUT2D eigenvalue weighted by molar-refractivity contribution is 7.98. The molecule has 5 heteroatoms. The molecule has 4 nitrogen and oxygen atoms in total. The predicted molar refractivity (Wildman–Crippen MR) is 110 cm³/mol. The summed E-state index contributed by atoms with van der Waals surface area (Å²) in [6, 6.07) is 15.9. The molecular weight excluding hydrogens is 358 g/mol. The van der Waals surface area contributed by atoms with Gasteiger partial charge >= 0.3 is 5.97 Å². The molecule has 0 N–H and O–H groups in total. The normalized spacial score (nSPS) is 10.8.